The molecule has 120 valence electrons. The smallest absolute Gasteiger partial charge is 0.308 e. The SMILES string of the molecule is COC(=O)C1CCN(C(=O)CN2CCC(O)C(C)C2)CC1. The Morgan fingerprint density at radius 2 is 1.86 bits per heavy atom. The lowest BCUT2D eigenvalue weighted by Gasteiger charge is -2.36. The van der Waals surface area contributed by atoms with Crippen molar-refractivity contribution in [3.05, 3.63) is 0 Å². The number of esters is 1. The van der Waals surface area contributed by atoms with Crippen LogP contribution in [0.1, 0.15) is 26.2 Å². The van der Waals surface area contributed by atoms with E-state index in [4.69, 9.17) is 4.74 Å². The molecule has 0 aromatic carbocycles. The molecule has 2 heterocycles. The Kier molecular flexibility index (Phi) is 5.58. The Hall–Kier alpha value is -1.14. The van der Waals surface area contributed by atoms with Crippen molar-refractivity contribution < 1.29 is 19.4 Å². The molecular weight excluding hydrogens is 272 g/mol. The minimum atomic E-state index is -0.243. The van der Waals surface area contributed by atoms with Crippen molar-refractivity contribution in [2.45, 2.75) is 32.3 Å². The van der Waals surface area contributed by atoms with Crippen LogP contribution in [-0.2, 0) is 14.3 Å². The van der Waals surface area contributed by atoms with Crippen LogP contribution >= 0.6 is 0 Å². The first-order valence-electron chi connectivity index (χ1n) is 7.77. The third-order valence-electron chi connectivity index (χ3n) is 4.69. The van der Waals surface area contributed by atoms with Crippen LogP contribution in [0.5, 0.6) is 0 Å². The summed E-state index contributed by atoms with van der Waals surface area (Å²) in [5, 5.41) is 9.72. The van der Waals surface area contributed by atoms with Gasteiger partial charge in [0.25, 0.3) is 0 Å². The molecule has 2 rings (SSSR count). The van der Waals surface area contributed by atoms with Crippen molar-refractivity contribution in [3.8, 4) is 0 Å². The zero-order chi connectivity index (χ0) is 15.4. The summed E-state index contributed by atoms with van der Waals surface area (Å²) in [6.07, 6.45) is 1.87. The number of hydrogen-bond donors (Lipinski definition) is 1. The van der Waals surface area contributed by atoms with Crippen molar-refractivity contribution in [1.29, 1.82) is 0 Å². The molecule has 0 bridgehead atoms. The summed E-state index contributed by atoms with van der Waals surface area (Å²) in [6.45, 7) is 5.24. The Balaban J connectivity index is 1.76. The number of nitrogens with zero attached hydrogens (tertiary/aromatic N) is 2. The molecule has 2 fully saturated rings. The van der Waals surface area contributed by atoms with Gasteiger partial charge in [-0.3, -0.25) is 14.5 Å². The van der Waals surface area contributed by atoms with E-state index >= 15 is 0 Å². The summed E-state index contributed by atoms with van der Waals surface area (Å²) >= 11 is 0. The van der Waals surface area contributed by atoms with Crippen molar-refractivity contribution >= 4 is 11.9 Å². The second-order valence-corrected chi connectivity index (χ2v) is 6.25. The highest BCUT2D eigenvalue weighted by Crippen LogP contribution is 2.20. The van der Waals surface area contributed by atoms with Gasteiger partial charge < -0.3 is 14.7 Å². The molecule has 1 N–H and O–H groups in total. The van der Waals surface area contributed by atoms with E-state index in [2.05, 4.69) is 4.90 Å². The molecule has 0 radical (unpaired) electrons. The zero-order valence-corrected chi connectivity index (χ0v) is 13.0. The predicted octanol–water partition coefficient (Wildman–Crippen LogP) is 0.101. The Morgan fingerprint density at radius 3 is 2.43 bits per heavy atom. The van der Waals surface area contributed by atoms with Crippen molar-refractivity contribution in [2.24, 2.45) is 11.8 Å². The Morgan fingerprint density at radius 1 is 1.19 bits per heavy atom. The largest absolute Gasteiger partial charge is 0.469 e. The van der Waals surface area contributed by atoms with Gasteiger partial charge in [-0.2, -0.15) is 0 Å². The number of ether oxygens (including phenoxy) is 1. The molecule has 0 saturated carbocycles. The monoisotopic (exact) mass is 298 g/mol. The van der Waals surface area contributed by atoms with Crippen LogP contribution in [0.2, 0.25) is 0 Å². The number of aliphatic hydroxyl groups is 1. The fourth-order valence-electron chi connectivity index (χ4n) is 3.19. The average molecular weight is 298 g/mol. The van der Waals surface area contributed by atoms with E-state index in [0.717, 1.165) is 19.5 Å². The lowest BCUT2D eigenvalue weighted by Crippen LogP contribution is -2.49. The number of carbonyl (C=O) groups excluding carboxylic acids is 2. The van der Waals surface area contributed by atoms with Crippen molar-refractivity contribution in [2.75, 3.05) is 39.8 Å². The molecule has 2 saturated heterocycles. The van der Waals surface area contributed by atoms with E-state index in [9.17, 15) is 14.7 Å². The number of likely N-dealkylation sites (tertiary alicyclic amines) is 2. The van der Waals surface area contributed by atoms with Gasteiger partial charge in [0, 0.05) is 26.2 Å². The van der Waals surface area contributed by atoms with Gasteiger partial charge in [0.05, 0.1) is 25.7 Å². The van der Waals surface area contributed by atoms with Gasteiger partial charge in [0.15, 0.2) is 0 Å². The van der Waals surface area contributed by atoms with E-state index in [1.165, 1.54) is 7.11 Å². The molecule has 21 heavy (non-hydrogen) atoms. The van der Waals surface area contributed by atoms with Crippen LogP contribution in [0.4, 0.5) is 0 Å². The number of piperidine rings is 2. The first kappa shape index (κ1) is 16.2. The third kappa shape index (κ3) is 4.17. The van der Waals surface area contributed by atoms with Crippen LogP contribution in [-0.4, -0.2) is 72.7 Å². The molecule has 2 aliphatic rings. The maximum absolute atomic E-state index is 12.3. The summed E-state index contributed by atoms with van der Waals surface area (Å²) in [5.41, 5.74) is 0. The highest BCUT2D eigenvalue weighted by Gasteiger charge is 2.30. The van der Waals surface area contributed by atoms with Crippen LogP contribution in [0.3, 0.4) is 0 Å². The fraction of sp³-hybridized carbons (Fsp3) is 0.867. The number of rotatable bonds is 3. The lowest BCUT2D eigenvalue weighted by molar-refractivity contribution is -0.149. The van der Waals surface area contributed by atoms with Gasteiger partial charge in [-0.25, -0.2) is 0 Å². The standard InChI is InChI=1S/C15H26N2O4/c1-11-9-16(6-5-13(11)18)10-14(19)17-7-3-12(4-8-17)15(20)21-2/h11-13,18H,3-10H2,1-2H3. The van der Waals surface area contributed by atoms with E-state index < -0.39 is 0 Å². The fourth-order valence-corrected chi connectivity index (χ4v) is 3.19. The third-order valence-corrected chi connectivity index (χ3v) is 4.69. The van der Waals surface area contributed by atoms with E-state index in [-0.39, 0.29) is 29.8 Å². The summed E-state index contributed by atoms with van der Waals surface area (Å²) < 4.78 is 4.75. The molecule has 1 amide bonds. The highest BCUT2D eigenvalue weighted by molar-refractivity contribution is 5.79. The maximum Gasteiger partial charge on any atom is 0.308 e. The van der Waals surface area contributed by atoms with Crippen LogP contribution in [0, 0.1) is 11.8 Å². The normalized spacial score (nSPS) is 28.4. The summed E-state index contributed by atoms with van der Waals surface area (Å²) in [7, 11) is 1.41. The Labute approximate surface area is 126 Å². The van der Waals surface area contributed by atoms with Gasteiger partial charge in [-0.1, -0.05) is 6.92 Å². The average Bonchev–Trinajstić information content (AvgIpc) is 2.50. The first-order valence-corrected chi connectivity index (χ1v) is 7.77. The molecular formula is C15H26N2O4. The van der Waals surface area contributed by atoms with Crippen molar-refractivity contribution in [1.82, 2.24) is 9.80 Å². The lowest BCUT2D eigenvalue weighted by atomic mass is 9.96. The second-order valence-electron chi connectivity index (χ2n) is 6.25. The predicted molar refractivity (Wildman–Crippen MR) is 77.5 cm³/mol. The minimum Gasteiger partial charge on any atom is -0.469 e. The number of methoxy groups -OCH3 is 1. The molecule has 0 spiro atoms. The minimum absolute atomic E-state index is 0.0655. The van der Waals surface area contributed by atoms with Gasteiger partial charge in [0.1, 0.15) is 0 Å². The van der Waals surface area contributed by atoms with Gasteiger partial charge in [-0.15, -0.1) is 0 Å². The number of aliphatic hydroxyl groups excluding tert-OH is 1. The molecule has 0 aromatic heterocycles. The van der Waals surface area contributed by atoms with Crippen LogP contribution < -0.4 is 0 Å². The van der Waals surface area contributed by atoms with Crippen LogP contribution in [0.15, 0.2) is 0 Å². The number of hydrogen-bond acceptors (Lipinski definition) is 5. The van der Waals surface area contributed by atoms with E-state index in [1.54, 1.807) is 0 Å². The van der Waals surface area contributed by atoms with Crippen molar-refractivity contribution in [3.63, 3.8) is 0 Å². The number of amides is 1. The molecule has 0 aromatic rings. The molecule has 6 nitrogen and oxygen atoms in total. The van der Waals surface area contributed by atoms with Gasteiger partial charge >= 0.3 is 5.97 Å². The summed E-state index contributed by atoms with van der Waals surface area (Å²) in [5.74, 6) is 0.115. The van der Waals surface area contributed by atoms with Crippen LogP contribution in [0.25, 0.3) is 0 Å². The van der Waals surface area contributed by atoms with E-state index in [1.807, 2.05) is 11.8 Å². The van der Waals surface area contributed by atoms with E-state index in [0.29, 0.717) is 32.5 Å². The Bertz CT molecular complexity index is 380. The van der Waals surface area contributed by atoms with Gasteiger partial charge in [-0.05, 0) is 25.2 Å². The highest BCUT2D eigenvalue weighted by atomic mass is 16.5. The molecule has 2 aliphatic heterocycles. The first-order chi connectivity index (χ1) is 10.0. The number of carbonyl (C=O) groups is 2. The maximum atomic E-state index is 12.3. The molecule has 0 aliphatic carbocycles. The quantitative estimate of drug-likeness (QED) is 0.748. The second kappa shape index (κ2) is 7.22. The topological polar surface area (TPSA) is 70.1 Å². The molecule has 2 atom stereocenters. The zero-order valence-electron chi connectivity index (χ0n) is 13.0. The summed E-state index contributed by atoms with van der Waals surface area (Å²) in [6, 6.07) is 0. The van der Waals surface area contributed by atoms with Gasteiger partial charge in [0.2, 0.25) is 5.91 Å². The molecule has 6 heteroatoms. The summed E-state index contributed by atoms with van der Waals surface area (Å²) in [4.78, 5) is 27.7. The molecule has 2 unspecified atom stereocenters.